The zero-order valence-electron chi connectivity index (χ0n) is 14.8. The molecule has 2 aromatic rings. The summed E-state index contributed by atoms with van der Waals surface area (Å²) in [5.41, 5.74) is 0.0434. The van der Waals surface area contributed by atoms with Crippen molar-refractivity contribution < 1.29 is 24.5 Å². The Morgan fingerprint density at radius 1 is 1.36 bits per heavy atom. The van der Waals surface area contributed by atoms with E-state index in [0.717, 1.165) is 12.8 Å². The fourth-order valence-electron chi connectivity index (χ4n) is 4.05. The molecule has 1 aromatic carbocycles. The number of aromatic nitrogens is 1. The van der Waals surface area contributed by atoms with Crippen LogP contribution in [0.25, 0.3) is 0 Å². The van der Waals surface area contributed by atoms with E-state index in [2.05, 4.69) is 4.98 Å². The molecule has 2 N–H and O–H groups in total. The van der Waals surface area contributed by atoms with Gasteiger partial charge >= 0.3 is 5.97 Å². The number of hydrogen-bond donors (Lipinski definition) is 2. The number of aromatic carboxylic acids is 1. The third-order valence-corrected chi connectivity index (χ3v) is 6.92. The van der Waals surface area contributed by atoms with E-state index in [1.807, 2.05) is 0 Å². The minimum atomic E-state index is -1.04. The molecule has 5 atom stereocenters. The lowest BCUT2D eigenvalue weighted by Crippen LogP contribution is -2.33. The topological polar surface area (TPSA) is 88.9 Å². The first-order valence-corrected chi connectivity index (χ1v) is 10.7. The predicted octanol–water partition coefficient (Wildman–Crippen LogP) is 4.44. The van der Waals surface area contributed by atoms with E-state index in [0.29, 0.717) is 33.8 Å². The molecule has 1 saturated carbocycles. The number of benzene rings is 1. The maximum atomic E-state index is 11.0. The number of hydrogen-bond acceptors (Lipinski definition) is 6. The van der Waals surface area contributed by atoms with E-state index >= 15 is 0 Å². The van der Waals surface area contributed by atoms with Crippen LogP contribution >= 0.6 is 34.5 Å². The number of fused-ring (bicyclic) bond motifs is 1. The van der Waals surface area contributed by atoms with Crippen molar-refractivity contribution in [3.05, 3.63) is 44.3 Å². The standard InChI is InChI=1S/C19H19Cl2NO5S/c20-9-1-3-12(21)17(5-9)26-7-11-10-2-4-15(27-16(10)6-14(11)23)18-22-13(8-28-18)19(24)25/h1,3,5,8,10-11,14-16,23H,2,4,6-7H2,(H,24,25)/t10-,11-,14-,15-,16+/m1/s1. The lowest BCUT2D eigenvalue weighted by molar-refractivity contribution is -0.0811. The lowest BCUT2D eigenvalue weighted by Gasteiger charge is -2.33. The number of ether oxygens (including phenoxy) is 2. The van der Waals surface area contributed by atoms with Gasteiger partial charge in [-0.2, -0.15) is 0 Å². The number of carboxylic acids is 1. The average Bonchev–Trinajstić information content (AvgIpc) is 3.26. The van der Waals surface area contributed by atoms with E-state index < -0.39 is 12.1 Å². The molecule has 0 spiro atoms. The second-order valence-electron chi connectivity index (χ2n) is 7.13. The number of thiazole rings is 1. The molecule has 6 nitrogen and oxygen atoms in total. The molecule has 2 fully saturated rings. The Kier molecular flexibility index (Phi) is 5.81. The molecule has 1 saturated heterocycles. The summed E-state index contributed by atoms with van der Waals surface area (Å²) >= 11 is 13.4. The van der Waals surface area contributed by atoms with Crippen LogP contribution in [-0.2, 0) is 4.74 Å². The van der Waals surface area contributed by atoms with Gasteiger partial charge in [0.05, 0.1) is 23.8 Å². The molecule has 0 unspecified atom stereocenters. The Morgan fingerprint density at radius 2 is 2.18 bits per heavy atom. The van der Waals surface area contributed by atoms with Crippen molar-refractivity contribution in [3.63, 3.8) is 0 Å². The van der Waals surface area contributed by atoms with Gasteiger partial charge in [0, 0.05) is 28.8 Å². The van der Waals surface area contributed by atoms with Gasteiger partial charge in [-0.1, -0.05) is 23.2 Å². The Balaban J connectivity index is 1.40. The fourth-order valence-corrected chi connectivity index (χ4v) is 5.25. The third-order valence-electron chi connectivity index (χ3n) is 5.44. The number of nitrogens with zero attached hydrogens (tertiary/aromatic N) is 1. The van der Waals surface area contributed by atoms with Crippen molar-refractivity contribution in [1.29, 1.82) is 0 Å². The Labute approximate surface area is 176 Å². The molecule has 150 valence electrons. The Hall–Kier alpha value is -1.38. The lowest BCUT2D eigenvalue weighted by atomic mass is 9.87. The van der Waals surface area contributed by atoms with E-state index in [1.165, 1.54) is 16.7 Å². The quantitative estimate of drug-likeness (QED) is 0.709. The van der Waals surface area contributed by atoms with Gasteiger partial charge in [-0.15, -0.1) is 11.3 Å². The van der Waals surface area contributed by atoms with Gasteiger partial charge in [-0.3, -0.25) is 0 Å². The average molecular weight is 444 g/mol. The van der Waals surface area contributed by atoms with Crippen LogP contribution in [0.2, 0.25) is 10.0 Å². The molecular weight excluding hydrogens is 425 g/mol. The van der Waals surface area contributed by atoms with Gasteiger partial charge in [0.1, 0.15) is 16.9 Å². The second-order valence-corrected chi connectivity index (χ2v) is 8.87. The number of halogens is 2. The summed E-state index contributed by atoms with van der Waals surface area (Å²) in [6.45, 7) is 0.330. The molecule has 2 heterocycles. The van der Waals surface area contributed by atoms with Gasteiger partial charge < -0.3 is 19.7 Å². The van der Waals surface area contributed by atoms with Crippen molar-refractivity contribution in [1.82, 2.24) is 4.98 Å². The maximum absolute atomic E-state index is 11.0. The largest absolute Gasteiger partial charge is 0.492 e. The number of aliphatic hydroxyl groups excluding tert-OH is 1. The Bertz CT molecular complexity index is 876. The van der Waals surface area contributed by atoms with Crippen LogP contribution < -0.4 is 4.74 Å². The van der Waals surface area contributed by atoms with E-state index in [4.69, 9.17) is 37.8 Å². The molecule has 4 rings (SSSR count). The van der Waals surface area contributed by atoms with Crippen LogP contribution in [0.5, 0.6) is 5.75 Å². The molecule has 1 aromatic heterocycles. The monoisotopic (exact) mass is 443 g/mol. The van der Waals surface area contributed by atoms with Gasteiger partial charge in [-0.05, 0) is 30.9 Å². The van der Waals surface area contributed by atoms with Gasteiger partial charge in [0.25, 0.3) is 0 Å². The fraction of sp³-hybridized carbons (Fsp3) is 0.474. The van der Waals surface area contributed by atoms with Crippen LogP contribution in [0.15, 0.2) is 23.6 Å². The highest BCUT2D eigenvalue weighted by atomic mass is 35.5. The summed E-state index contributed by atoms with van der Waals surface area (Å²) in [6.07, 6.45) is 1.25. The normalized spacial score (nSPS) is 29.5. The van der Waals surface area contributed by atoms with Gasteiger partial charge in [-0.25, -0.2) is 9.78 Å². The van der Waals surface area contributed by atoms with Crippen LogP contribution in [-0.4, -0.2) is 40.0 Å². The van der Waals surface area contributed by atoms with Crippen molar-refractivity contribution >= 4 is 40.5 Å². The smallest absolute Gasteiger partial charge is 0.355 e. The number of aliphatic hydroxyl groups is 1. The zero-order valence-corrected chi connectivity index (χ0v) is 17.1. The molecule has 0 radical (unpaired) electrons. The summed E-state index contributed by atoms with van der Waals surface area (Å²) in [4.78, 5) is 15.2. The SMILES string of the molecule is O=C(O)c1csc([C@H]2CC[C@@H]3[C@@H](COc4cc(Cl)ccc4Cl)[C@H](O)C[C@@H]3O2)n1. The zero-order chi connectivity index (χ0) is 19.8. The van der Waals surface area contributed by atoms with Crippen molar-refractivity contribution in [2.75, 3.05) is 6.61 Å². The number of carboxylic acid groups (broad SMARTS) is 1. The highest BCUT2D eigenvalue weighted by molar-refractivity contribution is 7.09. The van der Waals surface area contributed by atoms with E-state index in [-0.39, 0.29) is 29.7 Å². The highest BCUT2D eigenvalue weighted by Crippen LogP contribution is 2.46. The summed E-state index contributed by atoms with van der Waals surface area (Å²) in [5, 5.41) is 22.8. The van der Waals surface area contributed by atoms with Crippen LogP contribution in [0.3, 0.4) is 0 Å². The Morgan fingerprint density at radius 3 is 2.93 bits per heavy atom. The van der Waals surface area contributed by atoms with Crippen molar-refractivity contribution in [2.24, 2.45) is 11.8 Å². The number of rotatable bonds is 5. The summed E-state index contributed by atoms with van der Waals surface area (Å²) < 4.78 is 12.0. The number of carbonyl (C=O) groups is 1. The van der Waals surface area contributed by atoms with Crippen molar-refractivity contribution in [3.8, 4) is 5.75 Å². The molecule has 9 heteroatoms. The molecule has 1 aliphatic carbocycles. The molecular formula is C19H19Cl2NO5S. The first kappa shape index (κ1) is 19.9. The molecule has 0 amide bonds. The van der Waals surface area contributed by atoms with Crippen LogP contribution in [0.4, 0.5) is 0 Å². The third kappa shape index (κ3) is 4.00. The molecule has 2 aliphatic rings. The van der Waals surface area contributed by atoms with E-state index in [9.17, 15) is 9.90 Å². The maximum Gasteiger partial charge on any atom is 0.355 e. The van der Waals surface area contributed by atoms with E-state index in [1.54, 1.807) is 18.2 Å². The van der Waals surface area contributed by atoms with Crippen LogP contribution in [0.1, 0.15) is 40.9 Å². The molecule has 28 heavy (non-hydrogen) atoms. The molecule has 0 bridgehead atoms. The van der Waals surface area contributed by atoms with Crippen molar-refractivity contribution in [2.45, 2.75) is 37.6 Å². The predicted molar refractivity (Wildman–Crippen MR) is 105 cm³/mol. The van der Waals surface area contributed by atoms with Gasteiger partial charge in [0.15, 0.2) is 5.69 Å². The summed E-state index contributed by atoms with van der Waals surface area (Å²) in [7, 11) is 0. The minimum absolute atomic E-state index is 0.0434. The van der Waals surface area contributed by atoms with Crippen LogP contribution in [0, 0.1) is 11.8 Å². The second kappa shape index (κ2) is 8.16. The first-order valence-electron chi connectivity index (χ1n) is 9.02. The first-order chi connectivity index (χ1) is 13.4. The highest BCUT2D eigenvalue weighted by Gasteiger charge is 2.47. The summed E-state index contributed by atoms with van der Waals surface area (Å²) in [5.74, 6) is -0.428. The summed E-state index contributed by atoms with van der Waals surface area (Å²) in [6, 6.07) is 5.04. The van der Waals surface area contributed by atoms with Gasteiger partial charge in [0.2, 0.25) is 0 Å². The minimum Gasteiger partial charge on any atom is -0.492 e. The molecule has 1 aliphatic heterocycles.